The number of esters is 1. The van der Waals surface area contributed by atoms with E-state index >= 15 is 0 Å². The number of carbonyl (C=O) groups is 3. The van der Waals surface area contributed by atoms with Crippen LogP contribution in [0.25, 0.3) is 5.69 Å². The zero-order valence-electron chi connectivity index (χ0n) is 16.8. The molecule has 1 fully saturated rings. The van der Waals surface area contributed by atoms with Crippen LogP contribution in [0.15, 0.2) is 24.3 Å². The Bertz CT molecular complexity index is 932. The van der Waals surface area contributed by atoms with Crippen molar-refractivity contribution in [3.05, 3.63) is 52.3 Å². The molecule has 0 spiro atoms. The van der Waals surface area contributed by atoms with Crippen LogP contribution in [-0.2, 0) is 14.3 Å². The minimum Gasteiger partial charge on any atom is -0.457 e. The lowest BCUT2D eigenvalue weighted by Crippen LogP contribution is -2.39. The van der Waals surface area contributed by atoms with Crippen LogP contribution in [-0.4, -0.2) is 35.4 Å². The Morgan fingerprint density at radius 3 is 2.54 bits per heavy atom. The zero-order chi connectivity index (χ0) is 20.4. The maximum atomic E-state index is 12.7. The Kier molecular flexibility index (Phi) is 5.68. The summed E-state index contributed by atoms with van der Waals surface area (Å²) in [6, 6.07) is 8.03. The summed E-state index contributed by atoms with van der Waals surface area (Å²) < 4.78 is 7.27. The number of nitrogens with zero attached hydrogens (tertiary/aromatic N) is 1. The van der Waals surface area contributed by atoms with Gasteiger partial charge in [-0.15, -0.1) is 0 Å². The number of piperidine rings is 1. The van der Waals surface area contributed by atoms with Crippen molar-refractivity contribution in [3.8, 4) is 5.69 Å². The first-order chi connectivity index (χ1) is 13.3. The van der Waals surface area contributed by atoms with Crippen LogP contribution < -0.4 is 5.32 Å². The van der Waals surface area contributed by atoms with Crippen molar-refractivity contribution in [1.82, 2.24) is 9.88 Å². The molecule has 6 heteroatoms. The van der Waals surface area contributed by atoms with Crippen molar-refractivity contribution in [2.24, 2.45) is 5.92 Å². The van der Waals surface area contributed by atoms with Gasteiger partial charge in [0.05, 0.1) is 5.92 Å². The van der Waals surface area contributed by atoms with Crippen LogP contribution >= 0.6 is 0 Å². The Balaban J connectivity index is 1.71. The SMILES string of the molecule is Cc1ccc(-n2c(C)cc(C(=O)COC(=O)C3CCC(=O)NC3)c2C)cc1C. The number of Topliss-reactive ketones (excluding diaryl/α,β-unsaturated/α-hetero) is 1. The van der Waals surface area contributed by atoms with E-state index in [1.807, 2.05) is 30.5 Å². The molecule has 1 atom stereocenters. The van der Waals surface area contributed by atoms with Crippen molar-refractivity contribution >= 4 is 17.7 Å². The summed E-state index contributed by atoms with van der Waals surface area (Å²) in [5.74, 6) is -1.10. The molecule has 6 nitrogen and oxygen atoms in total. The van der Waals surface area contributed by atoms with Gasteiger partial charge in [0.25, 0.3) is 0 Å². The van der Waals surface area contributed by atoms with Crippen molar-refractivity contribution in [2.45, 2.75) is 40.5 Å². The molecule has 148 valence electrons. The fourth-order valence-electron chi connectivity index (χ4n) is 3.57. The fourth-order valence-corrected chi connectivity index (χ4v) is 3.57. The molecule has 1 aliphatic heterocycles. The topological polar surface area (TPSA) is 77.4 Å². The molecule has 1 aliphatic rings. The molecule has 1 N–H and O–H groups in total. The van der Waals surface area contributed by atoms with Gasteiger partial charge in [0.15, 0.2) is 6.61 Å². The third-order valence-corrected chi connectivity index (χ3v) is 5.42. The van der Waals surface area contributed by atoms with E-state index in [1.165, 1.54) is 11.1 Å². The van der Waals surface area contributed by atoms with Gasteiger partial charge in [-0.05, 0) is 63.4 Å². The van der Waals surface area contributed by atoms with E-state index in [1.54, 1.807) is 0 Å². The fraction of sp³-hybridized carbons (Fsp3) is 0.409. The van der Waals surface area contributed by atoms with Crippen LogP contribution in [0.2, 0.25) is 0 Å². The lowest BCUT2D eigenvalue weighted by Gasteiger charge is -2.20. The van der Waals surface area contributed by atoms with E-state index in [9.17, 15) is 14.4 Å². The summed E-state index contributed by atoms with van der Waals surface area (Å²) in [5, 5.41) is 2.65. The van der Waals surface area contributed by atoms with Crippen LogP contribution in [0.3, 0.4) is 0 Å². The van der Waals surface area contributed by atoms with Crippen LogP contribution in [0, 0.1) is 33.6 Å². The molecular formula is C22H26N2O4. The van der Waals surface area contributed by atoms with E-state index in [2.05, 4.69) is 31.3 Å². The van der Waals surface area contributed by atoms with Gasteiger partial charge in [-0.2, -0.15) is 0 Å². The molecule has 0 saturated carbocycles. The van der Waals surface area contributed by atoms with Gasteiger partial charge in [-0.3, -0.25) is 14.4 Å². The Hall–Kier alpha value is -2.89. The second-order valence-corrected chi connectivity index (χ2v) is 7.46. The highest BCUT2D eigenvalue weighted by Gasteiger charge is 2.27. The summed E-state index contributed by atoms with van der Waals surface area (Å²) in [7, 11) is 0. The first-order valence-electron chi connectivity index (χ1n) is 9.51. The molecule has 2 heterocycles. The summed E-state index contributed by atoms with van der Waals surface area (Å²) >= 11 is 0. The molecule has 2 aromatic rings. The molecule has 1 unspecified atom stereocenters. The predicted octanol–water partition coefficient (Wildman–Crippen LogP) is 2.96. The monoisotopic (exact) mass is 382 g/mol. The number of rotatable bonds is 5. The maximum Gasteiger partial charge on any atom is 0.311 e. The Labute approximate surface area is 164 Å². The number of hydrogen-bond donors (Lipinski definition) is 1. The second-order valence-electron chi connectivity index (χ2n) is 7.46. The number of aryl methyl sites for hydroxylation is 3. The number of aromatic nitrogens is 1. The lowest BCUT2D eigenvalue weighted by atomic mass is 9.99. The largest absolute Gasteiger partial charge is 0.457 e. The molecule has 1 aromatic carbocycles. The Morgan fingerprint density at radius 2 is 1.89 bits per heavy atom. The normalized spacial score (nSPS) is 16.6. The van der Waals surface area contributed by atoms with Crippen LogP contribution in [0.4, 0.5) is 0 Å². The molecule has 1 amide bonds. The highest BCUT2D eigenvalue weighted by atomic mass is 16.5. The molecule has 28 heavy (non-hydrogen) atoms. The average Bonchev–Trinajstić information content (AvgIpc) is 2.97. The van der Waals surface area contributed by atoms with Crippen LogP contribution in [0.5, 0.6) is 0 Å². The van der Waals surface area contributed by atoms with Gasteiger partial charge in [0, 0.05) is 35.6 Å². The molecular weight excluding hydrogens is 356 g/mol. The number of nitrogens with one attached hydrogen (secondary N) is 1. The van der Waals surface area contributed by atoms with E-state index in [4.69, 9.17) is 4.74 Å². The minimum atomic E-state index is -0.434. The summed E-state index contributed by atoms with van der Waals surface area (Å²) in [5.41, 5.74) is 5.74. The number of carbonyl (C=O) groups excluding carboxylic acids is 3. The van der Waals surface area contributed by atoms with Gasteiger partial charge < -0.3 is 14.6 Å². The third kappa shape index (κ3) is 4.01. The first kappa shape index (κ1) is 19.9. The number of ether oxygens (including phenoxy) is 1. The van der Waals surface area contributed by atoms with E-state index in [-0.39, 0.29) is 30.8 Å². The maximum absolute atomic E-state index is 12.7. The zero-order valence-corrected chi connectivity index (χ0v) is 16.8. The van der Waals surface area contributed by atoms with E-state index in [0.717, 1.165) is 17.1 Å². The second kappa shape index (κ2) is 8.00. The summed E-state index contributed by atoms with van der Waals surface area (Å²) in [6.45, 7) is 7.96. The number of hydrogen-bond acceptors (Lipinski definition) is 4. The van der Waals surface area contributed by atoms with Gasteiger partial charge in [0.2, 0.25) is 11.7 Å². The van der Waals surface area contributed by atoms with Crippen molar-refractivity contribution in [3.63, 3.8) is 0 Å². The highest BCUT2D eigenvalue weighted by Crippen LogP contribution is 2.23. The van der Waals surface area contributed by atoms with Crippen molar-refractivity contribution in [2.75, 3.05) is 13.2 Å². The van der Waals surface area contributed by atoms with Gasteiger partial charge >= 0.3 is 5.97 Å². The van der Waals surface area contributed by atoms with E-state index in [0.29, 0.717) is 18.4 Å². The molecule has 3 rings (SSSR count). The van der Waals surface area contributed by atoms with Crippen molar-refractivity contribution < 1.29 is 19.1 Å². The predicted molar refractivity (Wildman–Crippen MR) is 106 cm³/mol. The number of benzene rings is 1. The first-order valence-corrected chi connectivity index (χ1v) is 9.51. The summed E-state index contributed by atoms with van der Waals surface area (Å²) in [6.07, 6.45) is 0.769. The lowest BCUT2D eigenvalue weighted by molar-refractivity contribution is -0.148. The van der Waals surface area contributed by atoms with Crippen LogP contribution in [0.1, 0.15) is 45.7 Å². The molecule has 0 bridgehead atoms. The average molecular weight is 382 g/mol. The molecule has 1 saturated heterocycles. The summed E-state index contributed by atoms with van der Waals surface area (Å²) in [4.78, 5) is 36.0. The van der Waals surface area contributed by atoms with Gasteiger partial charge in [0.1, 0.15) is 0 Å². The molecule has 1 aromatic heterocycles. The standard InChI is InChI=1S/C22H26N2O4/c1-13-5-7-18(9-14(13)2)24-15(3)10-19(16(24)4)20(25)12-28-22(27)17-6-8-21(26)23-11-17/h5,7,9-10,17H,6,8,11-12H2,1-4H3,(H,23,26). The minimum absolute atomic E-state index is 0.0566. The van der Waals surface area contributed by atoms with Gasteiger partial charge in [-0.1, -0.05) is 6.07 Å². The quantitative estimate of drug-likeness (QED) is 0.637. The third-order valence-electron chi connectivity index (χ3n) is 5.42. The Morgan fingerprint density at radius 1 is 1.14 bits per heavy atom. The highest BCUT2D eigenvalue weighted by molar-refractivity contribution is 5.99. The van der Waals surface area contributed by atoms with Crippen molar-refractivity contribution in [1.29, 1.82) is 0 Å². The van der Waals surface area contributed by atoms with Gasteiger partial charge in [-0.25, -0.2) is 0 Å². The van der Waals surface area contributed by atoms with E-state index < -0.39 is 5.97 Å². The smallest absolute Gasteiger partial charge is 0.311 e. The molecule has 0 radical (unpaired) electrons. The number of amides is 1. The number of ketones is 1. The molecule has 0 aliphatic carbocycles.